The average molecular weight is 550 g/mol. The molecule has 1 N–H and O–H groups in total. The molecular formula is C25H19ClF3N3O2S2. The van der Waals surface area contributed by atoms with E-state index >= 15 is 0 Å². The molecule has 0 bridgehead atoms. The van der Waals surface area contributed by atoms with Crippen LogP contribution >= 0.6 is 34.7 Å². The van der Waals surface area contributed by atoms with Crippen LogP contribution in [0.1, 0.15) is 10.4 Å². The van der Waals surface area contributed by atoms with Gasteiger partial charge in [-0.05, 0) is 30.7 Å². The molecule has 0 atom stereocenters. The quantitative estimate of drug-likeness (QED) is 0.153. The van der Waals surface area contributed by atoms with E-state index in [4.69, 9.17) is 11.6 Å². The van der Waals surface area contributed by atoms with Crippen molar-refractivity contribution in [2.45, 2.75) is 24.8 Å². The Morgan fingerprint density at radius 3 is 2.64 bits per heavy atom. The number of aromatic nitrogens is 2. The maximum absolute atomic E-state index is 13.5. The number of allylic oxidation sites excluding steroid dienone is 1. The Morgan fingerprint density at radius 2 is 1.97 bits per heavy atom. The van der Waals surface area contributed by atoms with Crippen LogP contribution in [0.4, 0.5) is 18.9 Å². The van der Waals surface area contributed by atoms with Crippen molar-refractivity contribution in [2.24, 2.45) is 0 Å². The van der Waals surface area contributed by atoms with Crippen LogP contribution in [0.15, 0.2) is 71.1 Å². The molecule has 0 radical (unpaired) electrons. The Kier molecular flexibility index (Phi) is 7.58. The topological polar surface area (TPSA) is 64.0 Å². The lowest BCUT2D eigenvalue weighted by Crippen LogP contribution is -2.23. The summed E-state index contributed by atoms with van der Waals surface area (Å²) in [5, 5.41) is 2.80. The fraction of sp³-hybridized carbons (Fsp3) is 0.160. The van der Waals surface area contributed by atoms with Crippen LogP contribution in [0, 0.1) is 6.92 Å². The normalized spacial score (nSPS) is 11.6. The Balaban J connectivity index is 1.62. The molecular weight excluding hydrogens is 531 g/mol. The molecule has 1 amide bonds. The summed E-state index contributed by atoms with van der Waals surface area (Å²) in [5.74, 6) is -0.725. The molecule has 0 aliphatic carbocycles. The fourth-order valence-electron chi connectivity index (χ4n) is 3.68. The Labute approximate surface area is 217 Å². The van der Waals surface area contributed by atoms with Gasteiger partial charge in [0.2, 0.25) is 5.91 Å². The summed E-state index contributed by atoms with van der Waals surface area (Å²) in [6, 6.07) is 12.7. The summed E-state index contributed by atoms with van der Waals surface area (Å²) in [6.07, 6.45) is -3.09. The minimum atomic E-state index is -4.65. The van der Waals surface area contributed by atoms with Crippen molar-refractivity contribution in [3.05, 3.63) is 87.0 Å². The van der Waals surface area contributed by atoms with E-state index in [0.717, 1.165) is 39.9 Å². The van der Waals surface area contributed by atoms with E-state index < -0.39 is 22.7 Å². The number of nitrogens with zero attached hydrogens (tertiary/aromatic N) is 2. The molecule has 0 saturated carbocycles. The molecule has 11 heteroatoms. The number of anilines is 1. The second kappa shape index (κ2) is 10.5. The van der Waals surface area contributed by atoms with Crippen molar-refractivity contribution in [2.75, 3.05) is 11.1 Å². The van der Waals surface area contributed by atoms with Gasteiger partial charge in [0.05, 0.1) is 21.7 Å². The zero-order valence-corrected chi connectivity index (χ0v) is 21.2. The smallest absolute Gasteiger partial charge is 0.325 e. The average Bonchev–Trinajstić information content (AvgIpc) is 3.17. The molecule has 4 aromatic rings. The zero-order chi connectivity index (χ0) is 26.0. The Morgan fingerprint density at radius 1 is 1.25 bits per heavy atom. The van der Waals surface area contributed by atoms with Crippen LogP contribution in [0.25, 0.3) is 21.3 Å². The van der Waals surface area contributed by atoms with Crippen LogP contribution in [-0.4, -0.2) is 21.2 Å². The summed E-state index contributed by atoms with van der Waals surface area (Å²) in [5.41, 5.74) is 0.405. The molecule has 0 aliphatic rings. The molecule has 2 heterocycles. The van der Waals surface area contributed by atoms with E-state index in [1.165, 1.54) is 22.0 Å². The largest absolute Gasteiger partial charge is 0.417 e. The highest BCUT2D eigenvalue weighted by Crippen LogP contribution is 2.37. The number of fused-ring (bicyclic) bond motifs is 1. The third-order valence-electron chi connectivity index (χ3n) is 5.21. The number of halogens is 4. The number of hydrogen-bond acceptors (Lipinski definition) is 5. The lowest BCUT2D eigenvalue weighted by Gasteiger charge is -2.13. The number of rotatable bonds is 7. The van der Waals surface area contributed by atoms with Crippen molar-refractivity contribution in [1.82, 2.24) is 9.55 Å². The summed E-state index contributed by atoms with van der Waals surface area (Å²) in [4.78, 5) is 32.1. The van der Waals surface area contributed by atoms with Crippen molar-refractivity contribution in [3.63, 3.8) is 0 Å². The van der Waals surface area contributed by atoms with Gasteiger partial charge in [-0.3, -0.25) is 14.2 Å². The van der Waals surface area contributed by atoms with Gasteiger partial charge in [-0.25, -0.2) is 4.98 Å². The molecule has 5 nitrogen and oxygen atoms in total. The van der Waals surface area contributed by atoms with E-state index in [2.05, 4.69) is 16.9 Å². The predicted octanol–water partition coefficient (Wildman–Crippen LogP) is 7.02. The molecule has 0 saturated heterocycles. The zero-order valence-electron chi connectivity index (χ0n) is 18.9. The van der Waals surface area contributed by atoms with Gasteiger partial charge >= 0.3 is 6.18 Å². The van der Waals surface area contributed by atoms with Gasteiger partial charge in [0, 0.05) is 22.7 Å². The van der Waals surface area contributed by atoms with Crippen LogP contribution in [0.2, 0.25) is 5.02 Å². The first-order valence-electron chi connectivity index (χ1n) is 10.6. The summed E-state index contributed by atoms with van der Waals surface area (Å²) in [7, 11) is 0. The molecule has 0 fully saturated rings. The second-order valence-electron chi connectivity index (χ2n) is 7.71. The number of thiophene rings is 1. The number of carbonyl (C=O) groups excluding carboxylic acids is 1. The third-order valence-corrected chi connectivity index (χ3v) is 7.52. The standard InChI is InChI=1S/C25H19ClF3N3O2S2/c1-3-11-32-23(34)21-20(15-7-5-4-6-8-15)14(2)36-22(21)31-24(32)35-13-19(33)30-16-9-10-18(26)17(12-16)25(27,28)29/h3-10,12H,1,11,13H2,2H3,(H,30,33). The van der Waals surface area contributed by atoms with E-state index in [9.17, 15) is 22.8 Å². The predicted molar refractivity (Wildman–Crippen MR) is 140 cm³/mol. The highest BCUT2D eigenvalue weighted by Gasteiger charge is 2.33. The van der Waals surface area contributed by atoms with Gasteiger partial charge in [0.1, 0.15) is 4.83 Å². The number of hydrogen-bond donors (Lipinski definition) is 1. The van der Waals surface area contributed by atoms with Crippen LogP contribution in [-0.2, 0) is 17.5 Å². The molecule has 0 aliphatic heterocycles. The van der Waals surface area contributed by atoms with Crippen molar-refractivity contribution < 1.29 is 18.0 Å². The molecule has 2 aromatic heterocycles. The minimum Gasteiger partial charge on any atom is -0.325 e. The number of alkyl halides is 3. The maximum Gasteiger partial charge on any atom is 0.417 e. The lowest BCUT2D eigenvalue weighted by molar-refractivity contribution is -0.137. The molecule has 4 rings (SSSR count). The molecule has 186 valence electrons. The highest BCUT2D eigenvalue weighted by molar-refractivity contribution is 7.99. The van der Waals surface area contributed by atoms with Gasteiger partial charge in [-0.2, -0.15) is 13.2 Å². The molecule has 0 unspecified atom stereocenters. The number of benzene rings is 2. The number of aryl methyl sites for hydroxylation is 1. The van der Waals surface area contributed by atoms with Crippen molar-refractivity contribution in [3.8, 4) is 11.1 Å². The third kappa shape index (κ3) is 5.35. The second-order valence-corrected chi connectivity index (χ2v) is 10.3. The summed E-state index contributed by atoms with van der Waals surface area (Å²) >= 11 is 8.04. The molecule has 2 aromatic carbocycles. The van der Waals surface area contributed by atoms with E-state index in [0.29, 0.717) is 15.4 Å². The Bertz CT molecular complexity index is 1520. The first-order valence-corrected chi connectivity index (χ1v) is 12.8. The fourth-order valence-corrected chi connectivity index (χ4v) is 5.80. The van der Waals surface area contributed by atoms with Gasteiger partial charge in [0.15, 0.2) is 5.16 Å². The minimum absolute atomic E-state index is 0.0365. The number of thioether (sulfide) groups is 1. The first-order chi connectivity index (χ1) is 17.1. The SMILES string of the molecule is C=CCn1c(SCC(=O)Nc2ccc(Cl)c(C(F)(F)F)c2)nc2sc(C)c(-c3ccccc3)c2c1=O. The summed E-state index contributed by atoms with van der Waals surface area (Å²) < 4.78 is 40.8. The van der Waals surface area contributed by atoms with Crippen molar-refractivity contribution in [1.29, 1.82) is 0 Å². The summed E-state index contributed by atoms with van der Waals surface area (Å²) in [6.45, 7) is 5.82. The van der Waals surface area contributed by atoms with Crippen LogP contribution < -0.4 is 10.9 Å². The first kappa shape index (κ1) is 26.0. The van der Waals surface area contributed by atoms with Crippen LogP contribution in [0.5, 0.6) is 0 Å². The van der Waals surface area contributed by atoms with Crippen LogP contribution in [0.3, 0.4) is 0 Å². The Hall–Kier alpha value is -3.08. The van der Waals surface area contributed by atoms with Gasteiger partial charge in [-0.1, -0.05) is 59.8 Å². The molecule has 36 heavy (non-hydrogen) atoms. The number of amides is 1. The van der Waals surface area contributed by atoms with Gasteiger partial charge < -0.3 is 5.32 Å². The van der Waals surface area contributed by atoms with E-state index in [1.807, 2.05) is 37.3 Å². The van der Waals surface area contributed by atoms with Gasteiger partial charge in [-0.15, -0.1) is 17.9 Å². The highest BCUT2D eigenvalue weighted by atomic mass is 35.5. The maximum atomic E-state index is 13.5. The monoisotopic (exact) mass is 549 g/mol. The number of carbonyl (C=O) groups is 1. The number of nitrogens with one attached hydrogen (secondary N) is 1. The lowest BCUT2D eigenvalue weighted by atomic mass is 10.0. The van der Waals surface area contributed by atoms with E-state index in [1.54, 1.807) is 6.08 Å². The van der Waals surface area contributed by atoms with Crippen molar-refractivity contribution >= 4 is 56.5 Å². The molecule has 0 spiro atoms. The van der Waals surface area contributed by atoms with E-state index in [-0.39, 0.29) is 23.5 Å². The van der Waals surface area contributed by atoms with Gasteiger partial charge in [0.25, 0.3) is 5.56 Å².